The average molecular weight is 403 g/mol. The molecular formula is C21H26N2O4S. The molecule has 0 unspecified atom stereocenters. The van der Waals surface area contributed by atoms with E-state index in [-0.39, 0.29) is 5.78 Å². The summed E-state index contributed by atoms with van der Waals surface area (Å²) in [6, 6.07) is 14.0. The number of sulfonamides is 1. The van der Waals surface area contributed by atoms with Crippen molar-refractivity contribution in [2.24, 2.45) is 0 Å². The average Bonchev–Trinajstić information content (AvgIpc) is 2.70. The molecule has 2 aromatic carbocycles. The lowest BCUT2D eigenvalue weighted by atomic mass is 10.1. The van der Waals surface area contributed by atoms with Crippen LogP contribution in [0.4, 0.5) is 0 Å². The van der Waals surface area contributed by atoms with Crippen molar-refractivity contribution in [3.63, 3.8) is 0 Å². The van der Waals surface area contributed by atoms with Crippen LogP contribution in [0, 0.1) is 0 Å². The van der Waals surface area contributed by atoms with Crippen molar-refractivity contribution in [2.45, 2.75) is 25.3 Å². The molecule has 28 heavy (non-hydrogen) atoms. The third kappa shape index (κ3) is 4.60. The van der Waals surface area contributed by atoms with Gasteiger partial charge in [-0.1, -0.05) is 18.2 Å². The van der Waals surface area contributed by atoms with Crippen LogP contribution in [0.25, 0.3) is 0 Å². The van der Waals surface area contributed by atoms with Gasteiger partial charge in [-0.25, -0.2) is 8.42 Å². The molecule has 1 saturated heterocycles. The Kier molecular flexibility index (Phi) is 6.49. The summed E-state index contributed by atoms with van der Waals surface area (Å²) in [7, 11) is -3.46. The standard InChI is InChI=1S/C21H26N2O4S/c1-3-27-21-10-9-18(17(2)24)15-19(21)16-22-11-13-23(14-12-22)28(25,26)20-7-5-4-6-8-20/h4-10,15H,3,11-14,16H2,1-2H3. The molecule has 1 fully saturated rings. The van der Waals surface area contributed by atoms with E-state index in [0.717, 1.165) is 11.3 Å². The van der Waals surface area contributed by atoms with Crippen molar-refractivity contribution < 1.29 is 17.9 Å². The molecule has 0 atom stereocenters. The minimum absolute atomic E-state index is 0.0167. The molecule has 0 bridgehead atoms. The molecule has 1 heterocycles. The van der Waals surface area contributed by atoms with Gasteiger partial charge in [-0.3, -0.25) is 9.69 Å². The van der Waals surface area contributed by atoms with Crippen molar-refractivity contribution in [3.8, 4) is 5.75 Å². The third-order valence-corrected chi connectivity index (χ3v) is 6.79. The number of carbonyl (C=O) groups excluding carboxylic acids is 1. The smallest absolute Gasteiger partial charge is 0.243 e. The Balaban J connectivity index is 1.69. The van der Waals surface area contributed by atoms with Gasteiger partial charge in [-0.05, 0) is 44.2 Å². The molecule has 1 aliphatic rings. The Morgan fingerprint density at radius 3 is 2.32 bits per heavy atom. The highest BCUT2D eigenvalue weighted by Crippen LogP contribution is 2.24. The van der Waals surface area contributed by atoms with Gasteiger partial charge in [0.05, 0.1) is 11.5 Å². The van der Waals surface area contributed by atoms with E-state index in [1.54, 1.807) is 37.3 Å². The number of nitrogens with zero attached hydrogens (tertiary/aromatic N) is 2. The zero-order valence-electron chi connectivity index (χ0n) is 16.3. The van der Waals surface area contributed by atoms with Gasteiger partial charge in [0, 0.05) is 43.9 Å². The first-order chi connectivity index (χ1) is 13.4. The normalized spacial score (nSPS) is 16.1. The van der Waals surface area contributed by atoms with Crippen LogP contribution in [-0.2, 0) is 16.6 Å². The summed E-state index contributed by atoms with van der Waals surface area (Å²) in [6.07, 6.45) is 0. The maximum atomic E-state index is 12.8. The van der Waals surface area contributed by atoms with Crippen molar-refractivity contribution in [3.05, 3.63) is 59.7 Å². The van der Waals surface area contributed by atoms with Crippen LogP contribution in [0.3, 0.4) is 0 Å². The first kappa shape index (κ1) is 20.5. The molecule has 2 aromatic rings. The summed E-state index contributed by atoms with van der Waals surface area (Å²) in [4.78, 5) is 14.2. The number of carbonyl (C=O) groups is 1. The summed E-state index contributed by atoms with van der Waals surface area (Å²) in [6.45, 7) is 6.78. The second kappa shape index (κ2) is 8.86. The lowest BCUT2D eigenvalue weighted by Crippen LogP contribution is -2.48. The number of ketones is 1. The van der Waals surface area contributed by atoms with Crippen molar-refractivity contribution in [1.82, 2.24) is 9.21 Å². The van der Waals surface area contributed by atoms with Gasteiger partial charge < -0.3 is 4.74 Å². The molecule has 0 radical (unpaired) electrons. The largest absolute Gasteiger partial charge is 0.494 e. The van der Waals surface area contributed by atoms with Crippen molar-refractivity contribution in [2.75, 3.05) is 32.8 Å². The maximum absolute atomic E-state index is 12.8. The summed E-state index contributed by atoms with van der Waals surface area (Å²) in [5, 5.41) is 0. The third-order valence-electron chi connectivity index (χ3n) is 4.87. The van der Waals surface area contributed by atoms with E-state index in [0.29, 0.717) is 49.8 Å². The molecule has 0 aromatic heterocycles. The van der Waals surface area contributed by atoms with Gasteiger partial charge >= 0.3 is 0 Å². The Hall–Kier alpha value is -2.22. The lowest BCUT2D eigenvalue weighted by molar-refractivity contribution is 0.101. The van der Waals surface area contributed by atoms with Crippen molar-refractivity contribution >= 4 is 15.8 Å². The van der Waals surface area contributed by atoms with Crippen molar-refractivity contribution in [1.29, 1.82) is 0 Å². The van der Waals surface area contributed by atoms with Crippen LogP contribution in [0.2, 0.25) is 0 Å². The molecule has 3 rings (SSSR count). The Bertz CT molecular complexity index is 921. The van der Waals surface area contributed by atoms with Gasteiger partial charge in [-0.15, -0.1) is 0 Å². The highest BCUT2D eigenvalue weighted by Gasteiger charge is 2.28. The predicted molar refractivity (Wildman–Crippen MR) is 108 cm³/mol. The molecule has 0 amide bonds. The zero-order valence-corrected chi connectivity index (χ0v) is 17.1. The molecule has 150 valence electrons. The van der Waals surface area contributed by atoms with E-state index in [2.05, 4.69) is 4.90 Å². The minimum atomic E-state index is -3.46. The predicted octanol–water partition coefficient (Wildman–Crippen LogP) is 2.79. The number of hydrogen-bond donors (Lipinski definition) is 0. The van der Waals surface area contributed by atoms with Crippen LogP contribution in [-0.4, -0.2) is 56.2 Å². The monoisotopic (exact) mass is 402 g/mol. The van der Waals surface area contributed by atoms with E-state index in [1.165, 1.54) is 4.31 Å². The first-order valence-corrected chi connectivity index (χ1v) is 10.9. The highest BCUT2D eigenvalue weighted by atomic mass is 32.2. The molecule has 0 N–H and O–H groups in total. The van der Waals surface area contributed by atoms with Crippen LogP contribution in [0.5, 0.6) is 5.75 Å². The summed E-state index contributed by atoms with van der Waals surface area (Å²) >= 11 is 0. The molecule has 0 saturated carbocycles. The second-order valence-corrected chi connectivity index (χ2v) is 8.74. The second-order valence-electron chi connectivity index (χ2n) is 6.80. The van der Waals surface area contributed by atoms with E-state index < -0.39 is 10.0 Å². The Morgan fingerprint density at radius 2 is 1.71 bits per heavy atom. The van der Waals surface area contributed by atoms with Crippen LogP contribution in [0.15, 0.2) is 53.4 Å². The fourth-order valence-corrected chi connectivity index (χ4v) is 4.77. The molecule has 0 aliphatic carbocycles. The fourth-order valence-electron chi connectivity index (χ4n) is 3.33. The SMILES string of the molecule is CCOc1ccc(C(C)=O)cc1CN1CCN(S(=O)(=O)c2ccccc2)CC1. The Morgan fingerprint density at radius 1 is 1.04 bits per heavy atom. The quantitative estimate of drug-likeness (QED) is 0.666. The van der Waals surface area contributed by atoms with Gasteiger partial charge in [0.2, 0.25) is 10.0 Å². The maximum Gasteiger partial charge on any atom is 0.243 e. The summed E-state index contributed by atoms with van der Waals surface area (Å²) in [5.74, 6) is 0.787. The lowest BCUT2D eigenvalue weighted by Gasteiger charge is -2.34. The molecule has 7 heteroatoms. The first-order valence-electron chi connectivity index (χ1n) is 9.46. The summed E-state index contributed by atoms with van der Waals surface area (Å²) < 4.78 is 32.8. The number of Topliss-reactive ketones (excluding diaryl/α,β-unsaturated/α-hetero) is 1. The minimum Gasteiger partial charge on any atom is -0.494 e. The van der Waals surface area contributed by atoms with Crippen LogP contribution < -0.4 is 4.74 Å². The molecule has 0 spiro atoms. The van der Waals surface area contributed by atoms with E-state index in [4.69, 9.17) is 4.74 Å². The van der Waals surface area contributed by atoms with Crippen LogP contribution >= 0.6 is 0 Å². The number of rotatable bonds is 7. The van der Waals surface area contributed by atoms with Gasteiger partial charge in [0.1, 0.15) is 5.75 Å². The van der Waals surface area contributed by atoms with E-state index in [1.807, 2.05) is 25.1 Å². The van der Waals surface area contributed by atoms with Gasteiger partial charge in [0.25, 0.3) is 0 Å². The van der Waals surface area contributed by atoms with Gasteiger partial charge in [-0.2, -0.15) is 4.31 Å². The highest BCUT2D eigenvalue weighted by molar-refractivity contribution is 7.89. The number of ether oxygens (including phenoxy) is 1. The van der Waals surface area contributed by atoms with E-state index >= 15 is 0 Å². The van der Waals surface area contributed by atoms with Crippen LogP contribution in [0.1, 0.15) is 29.8 Å². The summed E-state index contributed by atoms with van der Waals surface area (Å²) in [5.41, 5.74) is 1.61. The topological polar surface area (TPSA) is 66.9 Å². The zero-order chi connectivity index (χ0) is 20.1. The fraction of sp³-hybridized carbons (Fsp3) is 0.381. The number of benzene rings is 2. The molecule has 6 nitrogen and oxygen atoms in total. The Labute approximate surface area is 166 Å². The number of piperazine rings is 1. The van der Waals surface area contributed by atoms with E-state index in [9.17, 15) is 13.2 Å². The number of hydrogen-bond acceptors (Lipinski definition) is 5. The molecular weight excluding hydrogens is 376 g/mol. The van der Waals surface area contributed by atoms with Gasteiger partial charge in [0.15, 0.2) is 5.78 Å². The molecule has 1 aliphatic heterocycles.